The van der Waals surface area contributed by atoms with Gasteiger partial charge >= 0.3 is 6.03 Å². The Balaban J connectivity index is 1.73. The zero-order valence-electron chi connectivity index (χ0n) is 14.8. The molecule has 2 atom stereocenters. The molecule has 7 heteroatoms. The topological polar surface area (TPSA) is 84.7 Å². The highest BCUT2D eigenvalue weighted by atomic mass is 19.1. The number of ether oxygens (including phenoxy) is 1. The molecule has 0 unspecified atom stereocenters. The molecule has 0 bridgehead atoms. The number of carbonyl (C=O) groups is 2. The van der Waals surface area contributed by atoms with Crippen LogP contribution >= 0.6 is 0 Å². The maximum atomic E-state index is 13.3. The van der Waals surface area contributed by atoms with E-state index in [9.17, 15) is 14.0 Å². The number of primary amides is 1. The third-order valence-electron chi connectivity index (χ3n) is 4.51. The van der Waals surface area contributed by atoms with E-state index in [0.29, 0.717) is 19.6 Å². The summed E-state index contributed by atoms with van der Waals surface area (Å²) in [6.45, 7) is 1.65. The number of hydrogen-bond acceptors (Lipinski definition) is 4. The average Bonchev–Trinajstić information content (AvgIpc) is 2.67. The molecule has 1 saturated heterocycles. The van der Waals surface area contributed by atoms with Gasteiger partial charge in [-0.15, -0.1) is 0 Å². The molecular weight excluding hydrogens is 349 g/mol. The third-order valence-corrected chi connectivity index (χ3v) is 4.51. The lowest BCUT2D eigenvalue weighted by Gasteiger charge is -2.38. The molecule has 3 amide bonds. The third kappa shape index (κ3) is 5.35. The molecule has 6 nitrogen and oxygen atoms in total. The van der Waals surface area contributed by atoms with Gasteiger partial charge in [-0.05, 0) is 23.3 Å². The molecule has 0 spiro atoms. The van der Waals surface area contributed by atoms with Crippen molar-refractivity contribution in [3.8, 4) is 0 Å². The lowest BCUT2D eigenvalue weighted by molar-refractivity contribution is -0.122. The molecule has 2 aromatic carbocycles. The number of imide groups is 1. The molecule has 1 fully saturated rings. The van der Waals surface area contributed by atoms with Crippen LogP contribution in [-0.4, -0.2) is 36.5 Å². The molecule has 0 aliphatic carbocycles. The van der Waals surface area contributed by atoms with Gasteiger partial charge in [-0.2, -0.15) is 0 Å². The van der Waals surface area contributed by atoms with E-state index in [4.69, 9.17) is 10.5 Å². The van der Waals surface area contributed by atoms with E-state index in [-0.39, 0.29) is 24.4 Å². The summed E-state index contributed by atoms with van der Waals surface area (Å²) < 4.78 is 19.5. The highest BCUT2D eigenvalue weighted by Crippen LogP contribution is 2.33. The number of rotatable bonds is 5. The first-order valence-electron chi connectivity index (χ1n) is 8.79. The Bertz CT molecular complexity index is 783. The van der Waals surface area contributed by atoms with Gasteiger partial charge in [-0.1, -0.05) is 42.5 Å². The number of carbonyl (C=O) groups excluding carboxylic acids is 2. The molecule has 27 heavy (non-hydrogen) atoms. The molecule has 1 heterocycles. The van der Waals surface area contributed by atoms with Crippen molar-refractivity contribution in [3.63, 3.8) is 0 Å². The average molecular weight is 371 g/mol. The van der Waals surface area contributed by atoms with Gasteiger partial charge < -0.3 is 10.5 Å². The minimum atomic E-state index is -0.853. The summed E-state index contributed by atoms with van der Waals surface area (Å²) in [6.07, 6.45) is -0.265. The van der Waals surface area contributed by atoms with Crippen LogP contribution in [-0.2, 0) is 9.53 Å². The molecule has 2 aromatic rings. The number of halogens is 1. The van der Waals surface area contributed by atoms with Crippen LogP contribution < -0.4 is 11.1 Å². The van der Waals surface area contributed by atoms with Crippen molar-refractivity contribution < 1.29 is 18.7 Å². The Morgan fingerprint density at radius 2 is 1.63 bits per heavy atom. The first kappa shape index (κ1) is 19.0. The van der Waals surface area contributed by atoms with Gasteiger partial charge in [0.15, 0.2) is 0 Å². The highest BCUT2D eigenvalue weighted by Gasteiger charge is 2.30. The number of nitrogens with one attached hydrogen (secondary N) is 1. The van der Waals surface area contributed by atoms with Crippen molar-refractivity contribution in [1.82, 2.24) is 10.2 Å². The van der Waals surface area contributed by atoms with Crippen LogP contribution in [0.5, 0.6) is 0 Å². The van der Waals surface area contributed by atoms with Gasteiger partial charge in [0.2, 0.25) is 5.91 Å². The molecule has 3 rings (SSSR count). The number of urea groups is 1. The Hall–Kier alpha value is -2.77. The number of nitrogens with zero attached hydrogens (tertiary/aromatic N) is 1. The van der Waals surface area contributed by atoms with Gasteiger partial charge in [0, 0.05) is 26.1 Å². The molecular formula is C20H22FN3O3. The summed E-state index contributed by atoms with van der Waals surface area (Å²) in [4.78, 5) is 24.6. The van der Waals surface area contributed by atoms with Crippen LogP contribution in [0.4, 0.5) is 9.18 Å². The van der Waals surface area contributed by atoms with Gasteiger partial charge in [-0.3, -0.25) is 15.0 Å². The van der Waals surface area contributed by atoms with Crippen LogP contribution in [0.1, 0.15) is 29.8 Å². The smallest absolute Gasteiger partial charge is 0.318 e. The Labute approximate surface area is 157 Å². The Morgan fingerprint density at radius 3 is 2.22 bits per heavy atom. The molecule has 0 radical (unpaired) electrons. The fraction of sp³-hybridized carbons (Fsp3) is 0.300. The van der Waals surface area contributed by atoms with Crippen molar-refractivity contribution in [2.45, 2.75) is 18.6 Å². The van der Waals surface area contributed by atoms with Gasteiger partial charge in [0.05, 0.1) is 12.2 Å². The quantitative estimate of drug-likeness (QED) is 0.846. The standard InChI is InChI=1S/C20H22FN3O3/c21-16-8-6-15(7-9-16)18-13-24(11-10-19(25)23-20(22)26)12-17(27-18)14-4-2-1-3-5-14/h1-9,17-18H,10-13H2,(H3,22,23,25,26)/t17-,18-/m0/s1. The first-order valence-corrected chi connectivity index (χ1v) is 8.79. The Morgan fingerprint density at radius 1 is 1.04 bits per heavy atom. The van der Waals surface area contributed by atoms with Crippen LogP contribution in [0.15, 0.2) is 54.6 Å². The minimum absolute atomic E-state index is 0.153. The summed E-state index contributed by atoms with van der Waals surface area (Å²) in [5.41, 5.74) is 6.89. The summed E-state index contributed by atoms with van der Waals surface area (Å²) in [5.74, 6) is -0.710. The highest BCUT2D eigenvalue weighted by molar-refractivity contribution is 5.93. The maximum Gasteiger partial charge on any atom is 0.318 e. The van der Waals surface area contributed by atoms with Crippen molar-refractivity contribution in [2.24, 2.45) is 5.73 Å². The fourth-order valence-electron chi connectivity index (χ4n) is 3.18. The number of benzene rings is 2. The second-order valence-electron chi connectivity index (χ2n) is 6.50. The lowest BCUT2D eigenvalue weighted by Crippen LogP contribution is -2.43. The van der Waals surface area contributed by atoms with Crippen molar-refractivity contribution in [3.05, 3.63) is 71.5 Å². The van der Waals surface area contributed by atoms with Crippen LogP contribution in [0.25, 0.3) is 0 Å². The molecule has 0 saturated carbocycles. The maximum absolute atomic E-state index is 13.3. The monoisotopic (exact) mass is 371 g/mol. The molecule has 0 aromatic heterocycles. The first-order chi connectivity index (χ1) is 13.0. The van der Waals surface area contributed by atoms with E-state index in [1.165, 1.54) is 12.1 Å². The predicted octanol–water partition coefficient (Wildman–Crippen LogP) is 2.53. The van der Waals surface area contributed by atoms with E-state index >= 15 is 0 Å². The lowest BCUT2D eigenvalue weighted by atomic mass is 10.0. The van der Waals surface area contributed by atoms with E-state index < -0.39 is 11.9 Å². The zero-order valence-corrected chi connectivity index (χ0v) is 14.8. The van der Waals surface area contributed by atoms with Crippen molar-refractivity contribution in [1.29, 1.82) is 0 Å². The summed E-state index contributed by atoms with van der Waals surface area (Å²) in [6, 6.07) is 15.2. The fourth-order valence-corrected chi connectivity index (χ4v) is 3.18. The van der Waals surface area contributed by atoms with Crippen molar-refractivity contribution >= 4 is 11.9 Å². The SMILES string of the molecule is NC(=O)NC(=O)CCN1C[C@@H](c2ccccc2)O[C@H](c2ccc(F)cc2)C1. The van der Waals surface area contributed by atoms with E-state index in [2.05, 4.69) is 10.2 Å². The molecule has 3 N–H and O–H groups in total. The Kier molecular flexibility index (Phi) is 6.16. The normalized spacial score (nSPS) is 20.2. The number of morpholine rings is 1. The van der Waals surface area contributed by atoms with Gasteiger partial charge in [0.1, 0.15) is 5.82 Å². The summed E-state index contributed by atoms with van der Waals surface area (Å²) >= 11 is 0. The summed E-state index contributed by atoms with van der Waals surface area (Å²) in [5, 5.41) is 2.07. The zero-order chi connectivity index (χ0) is 19.2. The van der Waals surface area contributed by atoms with E-state index in [1.54, 1.807) is 12.1 Å². The van der Waals surface area contributed by atoms with E-state index in [0.717, 1.165) is 11.1 Å². The second-order valence-corrected chi connectivity index (χ2v) is 6.50. The van der Waals surface area contributed by atoms with Gasteiger partial charge in [0.25, 0.3) is 0 Å². The largest absolute Gasteiger partial charge is 0.363 e. The molecule has 142 valence electrons. The molecule has 1 aliphatic rings. The van der Waals surface area contributed by atoms with Crippen molar-refractivity contribution in [2.75, 3.05) is 19.6 Å². The van der Waals surface area contributed by atoms with E-state index in [1.807, 2.05) is 30.3 Å². The second kappa shape index (κ2) is 8.75. The predicted molar refractivity (Wildman–Crippen MR) is 98.2 cm³/mol. The summed E-state index contributed by atoms with van der Waals surface area (Å²) in [7, 11) is 0. The van der Waals surface area contributed by atoms with Gasteiger partial charge in [-0.25, -0.2) is 9.18 Å². The minimum Gasteiger partial charge on any atom is -0.363 e. The number of amides is 3. The van der Waals surface area contributed by atoms with Crippen LogP contribution in [0.2, 0.25) is 0 Å². The van der Waals surface area contributed by atoms with Crippen LogP contribution in [0, 0.1) is 5.82 Å². The number of hydrogen-bond donors (Lipinski definition) is 2. The number of nitrogens with two attached hydrogens (primary N) is 1. The molecule has 1 aliphatic heterocycles. The van der Waals surface area contributed by atoms with Crippen LogP contribution in [0.3, 0.4) is 0 Å².